The van der Waals surface area contributed by atoms with Crippen LogP contribution < -0.4 is 14.8 Å². The maximum Gasteiger partial charge on any atom is 0.258 e. The molecule has 5 saturated carbocycles. The monoisotopic (exact) mass is 389 g/mol. The van der Waals surface area contributed by atoms with Gasteiger partial charge in [-0.25, -0.2) is 0 Å². The summed E-state index contributed by atoms with van der Waals surface area (Å²) in [7, 11) is 0. The average molecular weight is 390 g/mol. The standard InChI is InChI=1S/C20H27N3O3S/c1-27-19-21-17(7-18(22-19)26-15-2-3-15)25-11-16(24)23-20-8-12-4-13(9-20)6-14(5-12)10-20/h7,12-15H,2-6,8-11H2,1H3,(H,23,24). The zero-order chi connectivity index (χ0) is 18.4. The maximum atomic E-state index is 12.6. The Morgan fingerprint density at radius 1 is 1.15 bits per heavy atom. The van der Waals surface area contributed by atoms with Crippen LogP contribution in [0.2, 0.25) is 0 Å². The minimum Gasteiger partial charge on any atom is -0.474 e. The van der Waals surface area contributed by atoms with E-state index < -0.39 is 0 Å². The van der Waals surface area contributed by atoms with Gasteiger partial charge in [0.1, 0.15) is 6.10 Å². The van der Waals surface area contributed by atoms with Crippen LogP contribution in [0.25, 0.3) is 0 Å². The molecule has 1 amide bonds. The van der Waals surface area contributed by atoms with E-state index in [1.54, 1.807) is 6.07 Å². The third-order valence-corrected chi connectivity index (χ3v) is 6.99. The first-order chi connectivity index (χ1) is 13.1. The fourth-order valence-electron chi connectivity index (χ4n) is 5.70. The van der Waals surface area contributed by atoms with Crippen molar-refractivity contribution in [3.63, 3.8) is 0 Å². The summed E-state index contributed by atoms with van der Waals surface area (Å²) >= 11 is 1.44. The van der Waals surface area contributed by atoms with Crippen LogP contribution in [0, 0.1) is 17.8 Å². The molecule has 5 aliphatic carbocycles. The largest absolute Gasteiger partial charge is 0.474 e. The van der Waals surface area contributed by atoms with Gasteiger partial charge >= 0.3 is 0 Å². The van der Waals surface area contributed by atoms with E-state index in [-0.39, 0.29) is 24.2 Å². The van der Waals surface area contributed by atoms with Crippen molar-refractivity contribution in [2.75, 3.05) is 12.9 Å². The molecule has 0 radical (unpaired) electrons. The Morgan fingerprint density at radius 2 is 1.78 bits per heavy atom. The SMILES string of the molecule is CSc1nc(OCC(=O)NC23CC4CC(CC(C4)C2)C3)cc(OC2CC2)n1. The van der Waals surface area contributed by atoms with Crippen LogP contribution in [-0.4, -0.2) is 40.4 Å². The molecule has 7 heteroatoms. The van der Waals surface area contributed by atoms with Crippen molar-refractivity contribution >= 4 is 17.7 Å². The van der Waals surface area contributed by atoms with E-state index in [9.17, 15) is 4.79 Å². The number of thioether (sulfide) groups is 1. The van der Waals surface area contributed by atoms with Crippen molar-refractivity contribution in [1.29, 1.82) is 0 Å². The molecular formula is C20H27N3O3S. The van der Waals surface area contributed by atoms with E-state index in [4.69, 9.17) is 9.47 Å². The predicted molar refractivity (Wildman–Crippen MR) is 102 cm³/mol. The molecular weight excluding hydrogens is 362 g/mol. The highest BCUT2D eigenvalue weighted by atomic mass is 32.2. The van der Waals surface area contributed by atoms with Crippen LogP contribution in [0.4, 0.5) is 0 Å². The summed E-state index contributed by atoms with van der Waals surface area (Å²) in [5.74, 6) is 3.34. The third kappa shape index (κ3) is 3.89. The van der Waals surface area contributed by atoms with E-state index in [1.165, 1.54) is 31.0 Å². The number of hydrogen-bond donors (Lipinski definition) is 1. The quantitative estimate of drug-likeness (QED) is 0.570. The molecule has 5 aliphatic rings. The molecule has 146 valence electrons. The second-order valence-electron chi connectivity index (χ2n) is 8.88. The third-order valence-electron chi connectivity index (χ3n) is 6.45. The number of nitrogens with zero attached hydrogens (tertiary/aromatic N) is 2. The van der Waals surface area contributed by atoms with Crippen LogP contribution in [0.3, 0.4) is 0 Å². The first-order valence-electron chi connectivity index (χ1n) is 10.1. The molecule has 6 rings (SSSR count). The van der Waals surface area contributed by atoms with Crippen molar-refractivity contribution in [3.05, 3.63) is 6.07 Å². The maximum absolute atomic E-state index is 12.6. The van der Waals surface area contributed by atoms with Crippen molar-refractivity contribution < 1.29 is 14.3 Å². The van der Waals surface area contributed by atoms with Gasteiger partial charge in [-0.3, -0.25) is 4.79 Å². The van der Waals surface area contributed by atoms with Gasteiger partial charge in [0.05, 0.1) is 6.07 Å². The molecule has 1 aromatic heterocycles. The lowest BCUT2D eigenvalue weighted by Gasteiger charge is -2.56. The van der Waals surface area contributed by atoms with Gasteiger partial charge in [0.25, 0.3) is 5.91 Å². The molecule has 0 spiro atoms. The van der Waals surface area contributed by atoms with Crippen LogP contribution in [0.15, 0.2) is 11.2 Å². The molecule has 0 unspecified atom stereocenters. The second kappa shape index (κ2) is 6.83. The molecule has 0 atom stereocenters. The van der Waals surface area contributed by atoms with E-state index in [1.807, 2.05) is 6.26 Å². The fraction of sp³-hybridized carbons (Fsp3) is 0.750. The Balaban J connectivity index is 1.20. The van der Waals surface area contributed by atoms with Gasteiger partial charge in [-0.1, -0.05) is 11.8 Å². The molecule has 1 N–H and O–H groups in total. The van der Waals surface area contributed by atoms with Crippen molar-refractivity contribution in [2.45, 2.75) is 68.2 Å². The molecule has 0 saturated heterocycles. The molecule has 5 fully saturated rings. The Kier molecular flexibility index (Phi) is 4.45. The average Bonchev–Trinajstić information content (AvgIpc) is 3.42. The van der Waals surface area contributed by atoms with E-state index >= 15 is 0 Å². The number of nitrogens with one attached hydrogen (secondary N) is 1. The lowest BCUT2D eigenvalue weighted by molar-refractivity contribution is -0.128. The van der Waals surface area contributed by atoms with Gasteiger partial charge in [-0.15, -0.1) is 0 Å². The van der Waals surface area contributed by atoms with Crippen LogP contribution >= 0.6 is 11.8 Å². The second-order valence-corrected chi connectivity index (χ2v) is 9.66. The summed E-state index contributed by atoms with van der Waals surface area (Å²) in [6, 6.07) is 1.69. The van der Waals surface area contributed by atoms with Crippen molar-refractivity contribution in [3.8, 4) is 11.8 Å². The van der Waals surface area contributed by atoms with Gasteiger partial charge in [0.2, 0.25) is 11.8 Å². The molecule has 6 nitrogen and oxygen atoms in total. The van der Waals surface area contributed by atoms with Crippen LogP contribution in [-0.2, 0) is 4.79 Å². The summed E-state index contributed by atoms with van der Waals surface area (Å²) < 4.78 is 11.5. The smallest absolute Gasteiger partial charge is 0.258 e. The summed E-state index contributed by atoms with van der Waals surface area (Å²) in [6.07, 6.45) is 11.9. The topological polar surface area (TPSA) is 73.3 Å². The highest BCUT2D eigenvalue weighted by molar-refractivity contribution is 7.98. The molecule has 27 heavy (non-hydrogen) atoms. The zero-order valence-electron chi connectivity index (χ0n) is 15.8. The van der Waals surface area contributed by atoms with Gasteiger partial charge in [0, 0.05) is 5.54 Å². The Bertz CT molecular complexity index is 702. The Labute approximate surface area is 164 Å². The number of rotatable bonds is 7. The number of amides is 1. The van der Waals surface area contributed by atoms with Gasteiger partial charge in [0.15, 0.2) is 11.8 Å². The first-order valence-corrected chi connectivity index (χ1v) is 11.4. The number of carbonyl (C=O) groups is 1. The molecule has 1 heterocycles. The minimum atomic E-state index is -0.0362. The molecule has 1 aromatic rings. The summed E-state index contributed by atoms with van der Waals surface area (Å²) in [4.78, 5) is 21.3. The summed E-state index contributed by atoms with van der Waals surface area (Å²) in [5, 5.41) is 3.94. The van der Waals surface area contributed by atoms with E-state index in [0.717, 1.165) is 49.9 Å². The van der Waals surface area contributed by atoms with Gasteiger partial charge in [-0.2, -0.15) is 9.97 Å². The number of hydrogen-bond acceptors (Lipinski definition) is 6. The predicted octanol–water partition coefficient (Wildman–Crippen LogP) is 3.20. The van der Waals surface area contributed by atoms with Crippen molar-refractivity contribution in [1.82, 2.24) is 15.3 Å². The zero-order valence-corrected chi connectivity index (χ0v) is 16.6. The first kappa shape index (κ1) is 17.6. The lowest BCUT2D eigenvalue weighted by Crippen LogP contribution is -2.60. The Hall–Kier alpha value is -1.50. The Morgan fingerprint density at radius 3 is 2.37 bits per heavy atom. The molecule has 4 bridgehead atoms. The lowest BCUT2D eigenvalue weighted by atomic mass is 9.53. The number of carbonyl (C=O) groups excluding carboxylic acids is 1. The number of aromatic nitrogens is 2. The fourth-order valence-corrected chi connectivity index (χ4v) is 6.06. The van der Waals surface area contributed by atoms with Gasteiger partial charge < -0.3 is 14.8 Å². The van der Waals surface area contributed by atoms with Crippen molar-refractivity contribution in [2.24, 2.45) is 17.8 Å². The van der Waals surface area contributed by atoms with Gasteiger partial charge in [-0.05, 0) is 75.4 Å². The van der Waals surface area contributed by atoms with Crippen LogP contribution in [0.5, 0.6) is 11.8 Å². The highest BCUT2D eigenvalue weighted by Crippen LogP contribution is 2.55. The number of ether oxygens (including phenoxy) is 2. The summed E-state index contributed by atoms with van der Waals surface area (Å²) in [6.45, 7) is -0.00451. The van der Waals surface area contributed by atoms with E-state index in [2.05, 4.69) is 15.3 Å². The highest BCUT2D eigenvalue weighted by Gasteiger charge is 2.51. The normalized spacial score (nSPS) is 33.7. The molecule has 0 aromatic carbocycles. The van der Waals surface area contributed by atoms with E-state index in [0.29, 0.717) is 16.9 Å². The minimum absolute atomic E-state index is 0.00451. The summed E-state index contributed by atoms with van der Waals surface area (Å²) in [5.41, 5.74) is 0.0194. The molecule has 0 aliphatic heterocycles. The van der Waals surface area contributed by atoms with Crippen LogP contribution in [0.1, 0.15) is 51.4 Å².